The molecule has 0 bridgehead atoms. The van der Waals surface area contributed by atoms with E-state index in [0.717, 1.165) is 11.5 Å². The van der Waals surface area contributed by atoms with Gasteiger partial charge in [0.15, 0.2) is 0 Å². The van der Waals surface area contributed by atoms with Gasteiger partial charge in [0, 0.05) is 17.1 Å². The van der Waals surface area contributed by atoms with Gasteiger partial charge in [-0.25, -0.2) is 0 Å². The van der Waals surface area contributed by atoms with Crippen LogP contribution in [0.5, 0.6) is 11.5 Å². The van der Waals surface area contributed by atoms with Crippen LogP contribution in [-0.2, 0) is 17.1 Å². The molecule has 4 aromatic rings. The third-order valence-corrected chi connectivity index (χ3v) is 16.9. The first-order valence-electron chi connectivity index (χ1n) is 18.2. The number of methoxy groups -OCH3 is 2. The Morgan fingerprint density at radius 1 is 0.551 bits per heavy atom. The molecule has 49 heavy (non-hydrogen) atoms. The molecule has 0 radical (unpaired) electrons. The second-order valence-corrected chi connectivity index (χ2v) is 19.2. The van der Waals surface area contributed by atoms with Crippen LogP contribution >= 0.6 is 15.8 Å². The predicted molar refractivity (Wildman–Crippen MR) is 213 cm³/mol. The molecule has 2 saturated carbocycles. The third kappa shape index (κ3) is 9.03. The van der Waals surface area contributed by atoms with Gasteiger partial charge in [0.25, 0.3) is 0 Å². The van der Waals surface area contributed by atoms with Gasteiger partial charge in [0.05, 0.1) is 14.2 Å². The molecule has 0 saturated heterocycles. The minimum absolute atomic E-state index is 0. The Morgan fingerprint density at radius 2 is 0.939 bits per heavy atom. The molecule has 2 aliphatic rings. The van der Waals surface area contributed by atoms with E-state index in [0.29, 0.717) is 17.2 Å². The van der Waals surface area contributed by atoms with Gasteiger partial charge in [0.1, 0.15) is 11.5 Å². The molecular formula is C44H58FeO2P2. The molecule has 0 heterocycles. The van der Waals surface area contributed by atoms with Gasteiger partial charge >= 0.3 is 0 Å². The summed E-state index contributed by atoms with van der Waals surface area (Å²) in [6, 6.07) is 28.0. The molecule has 2 fully saturated rings. The minimum atomic E-state index is -0.602. The van der Waals surface area contributed by atoms with Crippen molar-refractivity contribution < 1.29 is 26.5 Å². The molecule has 0 amide bonds. The first-order valence-corrected chi connectivity index (χ1v) is 21.0. The summed E-state index contributed by atoms with van der Waals surface area (Å²) in [4.78, 5) is 0. The normalized spacial score (nSPS) is 17.8. The van der Waals surface area contributed by atoms with Gasteiger partial charge in [-0.3, -0.25) is 0 Å². The van der Waals surface area contributed by atoms with Crippen LogP contribution < -0.4 is 30.7 Å². The molecule has 2 nitrogen and oxygen atoms in total. The molecule has 2 unspecified atom stereocenters. The van der Waals surface area contributed by atoms with E-state index in [1.54, 1.807) is 24.8 Å². The van der Waals surface area contributed by atoms with Crippen molar-refractivity contribution in [2.75, 3.05) is 14.2 Å². The average Bonchev–Trinajstić information content (AvgIpc) is 3.79. The van der Waals surface area contributed by atoms with E-state index in [4.69, 9.17) is 9.47 Å². The van der Waals surface area contributed by atoms with Crippen LogP contribution in [0, 0.1) is 47.5 Å². The molecule has 5 heteroatoms. The van der Waals surface area contributed by atoms with E-state index in [-0.39, 0.29) is 17.1 Å². The van der Waals surface area contributed by atoms with E-state index >= 15 is 0 Å². The Labute approximate surface area is 311 Å². The minimum Gasteiger partial charge on any atom is -0.496 e. The van der Waals surface area contributed by atoms with E-state index in [9.17, 15) is 0 Å². The quantitative estimate of drug-likeness (QED) is 0.126. The fraction of sp³-hybridized carbons (Fsp3) is 0.455. The molecule has 6 rings (SSSR count). The molecule has 0 N–H and O–H groups in total. The van der Waals surface area contributed by atoms with Crippen LogP contribution in [0.25, 0.3) is 0 Å². The van der Waals surface area contributed by atoms with Gasteiger partial charge < -0.3 is 9.47 Å². The summed E-state index contributed by atoms with van der Waals surface area (Å²) < 4.78 is 11.6. The maximum absolute atomic E-state index is 5.81. The van der Waals surface area contributed by atoms with Crippen molar-refractivity contribution in [3.8, 4) is 11.5 Å². The molecule has 2 aliphatic carbocycles. The van der Waals surface area contributed by atoms with Gasteiger partial charge in [-0.1, -0.05) is 94.0 Å². The largest absolute Gasteiger partial charge is 0.496 e. The molecule has 0 aromatic heterocycles. The fourth-order valence-corrected chi connectivity index (χ4v) is 15.5. The Balaban J connectivity index is 0.000000826. The second-order valence-electron chi connectivity index (χ2n) is 14.2. The molecule has 3 atom stereocenters. The zero-order valence-corrected chi connectivity index (χ0v) is 34.3. The van der Waals surface area contributed by atoms with E-state index in [1.165, 1.54) is 95.4 Å². The van der Waals surface area contributed by atoms with Gasteiger partial charge in [0.2, 0.25) is 0 Å². The molecular weight excluding hydrogens is 678 g/mol. The zero-order chi connectivity index (χ0) is 34.4. The molecule has 0 spiro atoms. The third-order valence-electron chi connectivity index (χ3n) is 10.7. The van der Waals surface area contributed by atoms with Crippen LogP contribution in [0.2, 0.25) is 0 Å². The smallest absolute Gasteiger partial charge is 0.124 e. The topological polar surface area (TPSA) is 18.5 Å². The first-order chi connectivity index (χ1) is 23.2. The van der Waals surface area contributed by atoms with E-state index < -0.39 is 15.8 Å². The molecule has 4 aromatic carbocycles. The van der Waals surface area contributed by atoms with Crippen molar-refractivity contribution in [3.63, 3.8) is 0 Å². The Hall–Kier alpha value is -2.14. The van der Waals surface area contributed by atoms with Crippen LogP contribution in [0.15, 0.2) is 72.8 Å². The zero-order valence-electron chi connectivity index (χ0n) is 31.4. The van der Waals surface area contributed by atoms with Crippen LogP contribution in [0.1, 0.15) is 91.7 Å². The predicted octanol–water partition coefficient (Wildman–Crippen LogP) is 10.6. The van der Waals surface area contributed by atoms with Gasteiger partial charge in [-0.15, -0.1) is 0 Å². The average molecular weight is 737 g/mol. The Bertz CT molecular complexity index is 1520. The summed E-state index contributed by atoms with van der Waals surface area (Å²) in [5.41, 5.74) is 8.95. The van der Waals surface area contributed by atoms with Crippen molar-refractivity contribution >= 4 is 37.1 Å². The Kier molecular flexibility index (Phi) is 14.9. The van der Waals surface area contributed by atoms with Crippen molar-refractivity contribution in [1.29, 1.82) is 0 Å². The van der Waals surface area contributed by atoms with Crippen molar-refractivity contribution in [1.82, 2.24) is 0 Å². The maximum Gasteiger partial charge on any atom is 0.124 e. The number of aryl methyl sites for hydroxylation is 6. The standard InChI is InChI=1S/C39H48O2P2.C5H10.Fe/c1-25-15-10-12-18-35(25)42(36-19-13-11-16-26(36)2)31(7)34-17-14-20-37(34)43(32-21-27(3)38(40-8)28(4)22-32)33-23-29(5)39(41-9)30(6)24-33;1-2-4-5-3-1;/h10-13,15-16,18-19,21-24,31,34,37H,14,17,20H2,1-9H3;1-5H2;/t31-,34?,37?;;/m1../s1. The summed E-state index contributed by atoms with van der Waals surface area (Å²) in [7, 11) is 2.46. The van der Waals surface area contributed by atoms with E-state index in [2.05, 4.69) is 121 Å². The number of rotatable bonds is 9. The van der Waals surface area contributed by atoms with Crippen molar-refractivity contribution in [3.05, 3.63) is 106 Å². The number of benzene rings is 4. The monoisotopic (exact) mass is 736 g/mol. The fourth-order valence-electron chi connectivity index (χ4n) is 8.47. The van der Waals surface area contributed by atoms with Crippen molar-refractivity contribution in [2.45, 2.75) is 111 Å². The summed E-state index contributed by atoms with van der Waals surface area (Å²) in [5, 5.41) is 6.05. The van der Waals surface area contributed by atoms with Crippen molar-refractivity contribution in [2.24, 2.45) is 5.92 Å². The van der Waals surface area contributed by atoms with Crippen LogP contribution in [0.4, 0.5) is 0 Å². The maximum atomic E-state index is 5.81. The second kappa shape index (κ2) is 18.4. The van der Waals surface area contributed by atoms with Gasteiger partial charge in [-0.2, -0.15) is 0 Å². The van der Waals surface area contributed by atoms with Crippen LogP contribution in [0.3, 0.4) is 0 Å². The van der Waals surface area contributed by atoms with Gasteiger partial charge in [-0.05, 0) is 166 Å². The number of ether oxygens (including phenoxy) is 2. The summed E-state index contributed by atoms with van der Waals surface area (Å²) in [6.45, 7) is 16.0. The number of hydrogen-bond donors (Lipinski definition) is 0. The first kappa shape index (κ1) is 39.6. The summed E-state index contributed by atoms with van der Waals surface area (Å²) in [5.74, 6) is 2.67. The molecule has 0 aliphatic heterocycles. The Morgan fingerprint density at radius 3 is 1.31 bits per heavy atom. The summed E-state index contributed by atoms with van der Waals surface area (Å²) >= 11 is 0. The number of hydrogen-bond acceptors (Lipinski definition) is 2. The van der Waals surface area contributed by atoms with E-state index in [1.807, 2.05) is 0 Å². The molecule has 264 valence electrons. The SMILES string of the molecule is C1CCCC1.COc1c(C)cc(P(c2cc(C)c(OC)c(C)c2)C2CCCC2[C@@H](C)P(c2ccccc2C)c2ccccc2C)cc1C.[Fe]. The summed E-state index contributed by atoms with van der Waals surface area (Å²) in [6.07, 6.45) is 11.4. The van der Waals surface area contributed by atoms with Crippen LogP contribution in [-0.4, -0.2) is 25.5 Å².